The molecule has 0 aromatic heterocycles. The van der Waals surface area contributed by atoms with E-state index in [1.807, 2.05) is 32.9 Å². The van der Waals surface area contributed by atoms with Gasteiger partial charge < -0.3 is 9.68 Å². The lowest BCUT2D eigenvalue weighted by molar-refractivity contribution is 0.101. The summed E-state index contributed by atoms with van der Waals surface area (Å²) in [6.45, 7) is 5.78. The van der Waals surface area contributed by atoms with Crippen LogP contribution >= 0.6 is 0 Å². The van der Waals surface area contributed by atoms with Crippen LogP contribution in [0.1, 0.15) is 25.0 Å². The molecule has 1 aliphatic heterocycles. The molecular formula is C10H12B2O2. The molecule has 70 valence electrons. The number of aryl methyl sites for hydroxylation is 1. The average Bonchev–Trinajstić information content (AvgIpc) is 2.29. The molecule has 0 spiro atoms. The van der Waals surface area contributed by atoms with Crippen LogP contribution in [0.15, 0.2) is 12.1 Å². The van der Waals surface area contributed by atoms with E-state index in [9.17, 15) is 5.02 Å². The Morgan fingerprint density at radius 1 is 1.43 bits per heavy atom. The second kappa shape index (κ2) is 2.88. The highest BCUT2D eigenvalue weighted by Gasteiger charge is 2.41. The molecule has 0 aliphatic carbocycles. The van der Waals surface area contributed by atoms with Gasteiger partial charge in [-0.2, -0.15) is 0 Å². The van der Waals surface area contributed by atoms with Crippen molar-refractivity contribution < 1.29 is 9.68 Å². The van der Waals surface area contributed by atoms with E-state index in [1.54, 1.807) is 0 Å². The van der Waals surface area contributed by atoms with Gasteiger partial charge in [0, 0.05) is 0 Å². The number of hydrogen-bond acceptors (Lipinski definition) is 2. The standard InChI is InChI=1S/C10H12B2O2/c1-6-4-5-7-9(8(6)11)12(13)14-10(7,2)3/h4-5,13H,1-3H3. The minimum Gasteiger partial charge on any atom is -0.423 e. The van der Waals surface area contributed by atoms with E-state index in [0.29, 0.717) is 5.46 Å². The second-order valence-corrected chi connectivity index (χ2v) is 4.24. The van der Waals surface area contributed by atoms with Crippen molar-refractivity contribution in [3.05, 3.63) is 23.3 Å². The first-order valence-corrected chi connectivity index (χ1v) is 4.69. The number of hydrogen-bond donors (Lipinski definition) is 1. The van der Waals surface area contributed by atoms with E-state index in [2.05, 4.69) is 0 Å². The summed E-state index contributed by atoms with van der Waals surface area (Å²) in [7, 11) is 5.02. The highest BCUT2D eigenvalue weighted by Crippen LogP contribution is 2.28. The van der Waals surface area contributed by atoms with Crippen LogP contribution in [-0.2, 0) is 10.3 Å². The van der Waals surface area contributed by atoms with Crippen LogP contribution in [0.2, 0.25) is 0 Å². The van der Waals surface area contributed by atoms with E-state index >= 15 is 0 Å². The molecule has 0 amide bonds. The van der Waals surface area contributed by atoms with Crippen molar-refractivity contribution in [2.24, 2.45) is 0 Å². The predicted molar refractivity (Wildman–Crippen MR) is 58.3 cm³/mol. The highest BCUT2D eigenvalue weighted by atomic mass is 16.5. The van der Waals surface area contributed by atoms with Crippen LogP contribution in [0.3, 0.4) is 0 Å². The molecular weight excluding hydrogens is 174 g/mol. The topological polar surface area (TPSA) is 29.5 Å². The maximum absolute atomic E-state index is 9.72. The molecule has 1 heterocycles. The maximum Gasteiger partial charge on any atom is 0.491 e. The molecule has 14 heavy (non-hydrogen) atoms. The summed E-state index contributed by atoms with van der Waals surface area (Å²) in [4.78, 5) is 0. The molecule has 1 N–H and O–H groups in total. The van der Waals surface area contributed by atoms with Crippen molar-refractivity contribution in [3.8, 4) is 0 Å². The molecule has 1 aromatic carbocycles. The molecule has 1 aliphatic rings. The Kier molecular flexibility index (Phi) is 2.02. The van der Waals surface area contributed by atoms with E-state index in [1.165, 1.54) is 0 Å². The lowest BCUT2D eigenvalue weighted by atomic mass is 9.68. The summed E-state index contributed by atoms with van der Waals surface area (Å²) in [5.41, 5.74) is 2.88. The summed E-state index contributed by atoms with van der Waals surface area (Å²) in [6.07, 6.45) is 0. The van der Waals surface area contributed by atoms with Crippen LogP contribution in [0.4, 0.5) is 0 Å². The normalized spacial score (nSPS) is 18.4. The number of benzene rings is 1. The third kappa shape index (κ3) is 1.22. The zero-order valence-electron chi connectivity index (χ0n) is 8.66. The molecule has 0 saturated carbocycles. The van der Waals surface area contributed by atoms with Crippen LogP contribution in [-0.4, -0.2) is 20.0 Å². The largest absolute Gasteiger partial charge is 0.491 e. The summed E-state index contributed by atoms with van der Waals surface area (Å²) < 4.78 is 5.43. The lowest BCUT2D eigenvalue weighted by Crippen LogP contribution is -2.41. The monoisotopic (exact) mass is 186 g/mol. The Bertz CT molecular complexity index is 388. The average molecular weight is 186 g/mol. The molecule has 1 aromatic rings. The Balaban J connectivity index is 2.69. The molecule has 0 atom stereocenters. The van der Waals surface area contributed by atoms with Crippen molar-refractivity contribution in [1.82, 2.24) is 0 Å². The molecule has 4 heteroatoms. The number of rotatable bonds is 0. The second-order valence-electron chi connectivity index (χ2n) is 4.24. The third-order valence-corrected chi connectivity index (χ3v) is 2.81. The SMILES string of the molecule is [B]c1c(C)ccc2c1B(O)OC2(C)C. The van der Waals surface area contributed by atoms with Crippen molar-refractivity contribution in [1.29, 1.82) is 0 Å². The van der Waals surface area contributed by atoms with Crippen molar-refractivity contribution in [2.75, 3.05) is 0 Å². The maximum atomic E-state index is 9.72. The molecule has 0 bridgehead atoms. The fourth-order valence-electron chi connectivity index (χ4n) is 1.94. The Hall–Kier alpha value is -0.730. The van der Waals surface area contributed by atoms with E-state index in [4.69, 9.17) is 12.5 Å². The zero-order chi connectivity index (χ0) is 10.5. The molecule has 0 unspecified atom stereocenters. The van der Waals surface area contributed by atoms with Crippen LogP contribution < -0.4 is 10.9 Å². The van der Waals surface area contributed by atoms with Crippen LogP contribution in [0, 0.1) is 6.92 Å². The fraction of sp³-hybridized carbons (Fsp3) is 0.400. The molecule has 2 rings (SSSR count). The summed E-state index contributed by atoms with van der Waals surface area (Å²) in [5.74, 6) is 0. The van der Waals surface area contributed by atoms with Gasteiger partial charge in [-0.15, -0.1) is 0 Å². The predicted octanol–water partition coefficient (Wildman–Crippen LogP) is -0.258. The Morgan fingerprint density at radius 3 is 2.71 bits per heavy atom. The summed E-state index contributed by atoms with van der Waals surface area (Å²) in [5, 5.41) is 9.72. The Labute approximate surface area is 85.8 Å². The third-order valence-electron chi connectivity index (χ3n) is 2.81. The van der Waals surface area contributed by atoms with Crippen LogP contribution in [0.25, 0.3) is 0 Å². The smallest absolute Gasteiger partial charge is 0.423 e. The zero-order valence-corrected chi connectivity index (χ0v) is 8.66. The number of fused-ring (bicyclic) bond motifs is 1. The molecule has 0 saturated heterocycles. The van der Waals surface area contributed by atoms with Gasteiger partial charge in [0.1, 0.15) is 7.85 Å². The summed E-state index contributed by atoms with van der Waals surface area (Å²) in [6, 6.07) is 3.93. The first-order valence-electron chi connectivity index (χ1n) is 4.69. The highest BCUT2D eigenvalue weighted by molar-refractivity contribution is 6.67. The van der Waals surface area contributed by atoms with Gasteiger partial charge in [0.15, 0.2) is 0 Å². The molecule has 2 nitrogen and oxygen atoms in total. The summed E-state index contributed by atoms with van der Waals surface area (Å²) >= 11 is 0. The first kappa shape index (κ1) is 9.81. The van der Waals surface area contributed by atoms with E-state index < -0.39 is 12.7 Å². The quantitative estimate of drug-likeness (QED) is 0.565. The van der Waals surface area contributed by atoms with Crippen molar-refractivity contribution in [2.45, 2.75) is 26.4 Å². The van der Waals surface area contributed by atoms with Gasteiger partial charge >= 0.3 is 7.12 Å². The van der Waals surface area contributed by atoms with Gasteiger partial charge in [0.2, 0.25) is 0 Å². The molecule has 2 radical (unpaired) electrons. The fourth-order valence-corrected chi connectivity index (χ4v) is 1.94. The van der Waals surface area contributed by atoms with Gasteiger partial charge in [-0.3, -0.25) is 0 Å². The minimum absolute atomic E-state index is 0.448. The van der Waals surface area contributed by atoms with E-state index in [0.717, 1.165) is 16.6 Å². The Morgan fingerprint density at radius 2 is 2.07 bits per heavy atom. The van der Waals surface area contributed by atoms with Gasteiger partial charge in [0.25, 0.3) is 0 Å². The lowest BCUT2D eigenvalue weighted by Gasteiger charge is -2.20. The van der Waals surface area contributed by atoms with Gasteiger partial charge in [0.05, 0.1) is 5.60 Å². The first-order chi connectivity index (χ1) is 6.43. The molecule has 0 fully saturated rings. The van der Waals surface area contributed by atoms with Gasteiger partial charge in [-0.25, -0.2) is 0 Å². The van der Waals surface area contributed by atoms with Crippen LogP contribution in [0.5, 0.6) is 0 Å². The van der Waals surface area contributed by atoms with Gasteiger partial charge in [-0.1, -0.05) is 23.2 Å². The minimum atomic E-state index is -0.889. The van der Waals surface area contributed by atoms with Gasteiger partial charge in [-0.05, 0) is 31.8 Å². The van der Waals surface area contributed by atoms with E-state index in [-0.39, 0.29) is 0 Å². The van der Waals surface area contributed by atoms with Crippen molar-refractivity contribution in [3.63, 3.8) is 0 Å². The van der Waals surface area contributed by atoms with Crippen molar-refractivity contribution >= 4 is 25.9 Å².